The maximum absolute atomic E-state index is 12.5. The zero-order chi connectivity index (χ0) is 36.7. The first-order valence-electron chi connectivity index (χ1n) is 17.8. The summed E-state index contributed by atoms with van der Waals surface area (Å²) in [6.07, 6.45) is 5.83. The molecule has 6 rings (SSSR count). The highest BCUT2D eigenvalue weighted by Gasteiger charge is 2.30. The van der Waals surface area contributed by atoms with Gasteiger partial charge in [0, 0.05) is 65.7 Å². The van der Waals surface area contributed by atoms with E-state index in [0.717, 1.165) is 79.2 Å². The van der Waals surface area contributed by atoms with E-state index in [0.29, 0.717) is 36.0 Å². The second-order valence-electron chi connectivity index (χ2n) is 14.0. The Labute approximate surface area is 303 Å². The molecule has 13 heteroatoms. The van der Waals surface area contributed by atoms with Crippen molar-refractivity contribution in [1.82, 2.24) is 28.9 Å². The highest BCUT2D eigenvalue weighted by atomic mass is 35.5. The van der Waals surface area contributed by atoms with Crippen LogP contribution in [0.15, 0.2) is 70.5 Å². The van der Waals surface area contributed by atoms with Crippen molar-refractivity contribution in [3.63, 3.8) is 0 Å². The number of anilines is 1. The molecule has 1 saturated heterocycles. The molecule has 0 bridgehead atoms. The quantitative estimate of drug-likeness (QED) is 0.250. The van der Waals surface area contributed by atoms with Crippen LogP contribution < -0.4 is 21.5 Å². The molecule has 1 saturated carbocycles. The van der Waals surface area contributed by atoms with Crippen LogP contribution in [-0.2, 0) is 36.6 Å². The molecule has 0 spiro atoms. The van der Waals surface area contributed by atoms with Crippen molar-refractivity contribution in [2.45, 2.75) is 58.5 Å². The first kappa shape index (κ1) is 37.8. The fourth-order valence-electron chi connectivity index (χ4n) is 7.12. The highest BCUT2D eigenvalue weighted by molar-refractivity contribution is 6.33. The van der Waals surface area contributed by atoms with Crippen molar-refractivity contribution in [2.24, 2.45) is 31.8 Å². The van der Waals surface area contributed by atoms with Gasteiger partial charge in [0.05, 0.1) is 17.0 Å². The Morgan fingerprint density at radius 3 is 2.18 bits per heavy atom. The van der Waals surface area contributed by atoms with Crippen molar-refractivity contribution in [1.29, 1.82) is 0 Å². The third-order valence-corrected chi connectivity index (χ3v) is 10.7. The van der Waals surface area contributed by atoms with Gasteiger partial charge in [0.15, 0.2) is 11.2 Å². The van der Waals surface area contributed by atoms with E-state index in [2.05, 4.69) is 40.0 Å². The zero-order valence-corrected chi connectivity index (χ0v) is 30.8. The van der Waals surface area contributed by atoms with Crippen molar-refractivity contribution in [2.75, 3.05) is 37.6 Å². The molecule has 0 unspecified atom stereocenters. The Bertz CT molecular complexity index is 1910. The van der Waals surface area contributed by atoms with Crippen molar-refractivity contribution in [3.8, 4) is 0 Å². The molecule has 0 radical (unpaired) electrons. The average molecular weight is 720 g/mol. The number of nitrogens with one attached hydrogen (secondary N) is 1. The predicted octanol–water partition coefficient (Wildman–Crippen LogP) is 4.17. The molecule has 4 aromatic rings. The van der Waals surface area contributed by atoms with Crippen LogP contribution >= 0.6 is 11.6 Å². The minimum atomic E-state index is -0.974. The number of aromatic nitrogens is 4. The number of carboxylic acid groups (broad SMARTS) is 1. The average Bonchev–Trinajstić information content (AvgIpc) is 3.57. The number of hydrogen-bond acceptors (Lipinski definition) is 7. The molecule has 2 aromatic carbocycles. The lowest BCUT2D eigenvalue weighted by molar-refractivity contribution is -0.142. The number of carboxylic acids is 1. The SMILES string of the molecule is CC(C)C1CCC(C(=O)N[C@H](Cc2ccccc2)C(=O)O)CC1.Cn1c(=O)c2c(ncn2CCN2CCN(c3ccccc3Cl)CC2)n(C)c1=O. The lowest BCUT2D eigenvalue weighted by Crippen LogP contribution is -2.47. The molecule has 274 valence electrons. The molecule has 1 atom stereocenters. The third-order valence-electron chi connectivity index (χ3n) is 10.4. The molecule has 3 heterocycles. The molecule has 1 aliphatic carbocycles. The number of benzene rings is 2. The van der Waals surface area contributed by atoms with Gasteiger partial charge in [0.25, 0.3) is 5.56 Å². The van der Waals surface area contributed by atoms with Gasteiger partial charge in [-0.3, -0.25) is 23.6 Å². The van der Waals surface area contributed by atoms with Crippen LogP contribution in [0.25, 0.3) is 11.2 Å². The summed E-state index contributed by atoms with van der Waals surface area (Å²) in [7, 11) is 3.13. The zero-order valence-electron chi connectivity index (χ0n) is 30.0. The van der Waals surface area contributed by atoms with E-state index in [1.165, 1.54) is 11.6 Å². The number of carbonyl (C=O) groups is 2. The van der Waals surface area contributed by atoms with Crippen LogP contribution in [0.5, 0.6) is 0 Å². The van der Waals surface area contributed by atoms with E-state index < -0.39 is 12.0 Å². The van der Waals surface area contributed by atoms with Crippen LogP contribution in [0.2, 0.25) is 5.02 Å². The second-order valence-corrected chi connectivity index (χ2v) is 14.4. The van der Waals surface area contributed by atoms with Crippen molar-refractivity contribution < 1.29 is 14.7 Å². The van der Waals surface area contributed by atoms with Crippen LogP contribution in [0.4, 0.5) is 5.69 Å². The Hall–Kier alpha value is -4.42. The first-order valence-corrected chi connectivity index (χ1v) is 18.2. The Balaban J connectivity index is 0.000000202. The molecule has 2 N–H and O–H groups in total. The monoisotopic (exact) mass is 719 g/mol. The molecular weight excluding hydrogens is 670 g/mol. The summed E-state index contributed by atoms with van der Waals surface area (Å²) in [5.74, 6) is 0.235. The van der Waals surface area contributed by atoms with Gasteiger partial charge in [-0.25, -0.2) is 14.6 Å². The second kappa shape index (κ2) is 17.2. The molecule has 12 nitrogen and oxygen atoms in total. The van der Waals surface area contributed by atoms with E-state index in [1.807, 2.05) is 53.1 Å². The number of nitrogens with zero attached hydrogens (tertiary/aromatic N) is 6. The number of halogens is 1. The Morgan fingerprint density at radius 2 is 1.55 bits per heavy atom. The number of piperazine rings is 1. The topological polar surface area (TPSA) is 135 Å². The standard InChI is InChI=1S/C19H23ClN6O2.C19H27NO3/c1-22-17-16(18(27)23(2)19(22)28)26(13-21-17)12-9-24-7-10-25(11-8-24)15-6-4-3-5-14(15)20;1-13(2)15-8-10-16(11-9-15)18(21)20-17(19(22)23)12-14-6-4-3-5-7-14/h3-6,13H,7-12H2,1-2H3;3-7,13,15-17H,8-12H2,1-2H3,(H,20,21)(H,22,23)/t;15?,16?,17-/m.1/s1. The van der Waals surface area contributed by atoms with Crippen LogP contribution in [0, 0.1) is 17.8 Å². The molecule has 2 aliphatic rings. The van der Waals surface area contributed by atoms with Crippen molar-refractivity contribution >= 4 is 40.3 Å². The summed E-state index contributed by atoms with van der Waals surface area (Å²) in [5, 5.41) is 12.9. The van der Waals surface area contributed by atoms with Gasteiger partial charge in [0.1, 0.15) is 6.04 Å². The molecular formula is C38H50ClN7O5. The number of aryl methyl sites for hydroxylation is 1. The molecule has 2 aromatic heterocycles. The number of aliphatic carboxylic acids is 1. The molecule has 1 aliphatic heterocycles. The number of rotatable bonds is 10. The van der Waals surface area contributed by atoms with Crippen LogP contribution in [0.3, 0.4) is 0 Å². The van der Waals surface area contributed by atoms with E-state index in [1.54, 1.807) is 13.4 Å². The summed E-state index contributed by atoms with van der Waals surface area (Å²) in [5.41, 5.74) is 2.23. The van der Waals surface area contributed by atoms with Gasteiger partial charge in [-0.1, -0.05) is 67.9 Å². The van der Waals surface area contributed by atoms with Gasteiger partial charge in [-0.05, 0) is 55.2 Å². The normalized spacial score (nSPS) is 18.7. The van der Waals surface area contributed by atoms with E-state index in [9.17, 15) is 24.3 Å². The first-order chi connectivity index (χ1) is 24.4. The van der Waals surface area contributed by atoms with Crippen LogP contribution in [0.1, 0.15) is 45.1 Å². The Kier molecular flexibility index (Phi) is 12.8. The number of fused-ring (bicyclic) bond motifs is 1. The smallest absolute Gasteiger partial charge is 0.332 e. The summed E-state index contributed by atoms with van der Waals surface area (Å²) in [6, 6.07) is 16.5. The summed E-state index contributed by atoms with van der Waals surface area (Å²) in [4.78, 5) is 57.4. The van der Waals surface area contributed by atoms with Gasteiger partial charge in [-0.2, -0.15) is 0 Å². The highest BCUT2D eigenvalue weighted by Crippen LogP contribution is 2.33. The largest absolute Gasteiger partial charge is 0.480 e. The number of hydrogen-bond donors (Lipinski definition) is 2. The van der Waals surface area contributed by atoms with Gasteiger partial charge < -0.3 is 19.9 Å². The van der Waals surface area contributed by atoms with Gasteiger partial charge >= 0.3 is 11.7 Å². The lowest BCUT2D eigenvalue weighted by Gasteiger charge is -2.36. The minimum absolute atomic E-state index is 0.0392. The fraction of sp³-hybridized carbons (Fsp3) is 0.500. The van der Waals surface area contributed by atoms with Gasteiger partial charge in [0.2, 0.25) is 5.91 Å². The minimum Gasteiger partial charge on any atom is -0.480 e. The number of amides is 1. The molecule has 1 amide bonds. The molecule has 2 fully saturated rings. The third kappa shape index (κ3) is 9.28. The summed E-state index contributed by atoms with van der Waals surface area (Å²) >= 11 is 6.31. The maximum Gasteiger partial charge on any atom is 0.332 e. The van der Waals surface area contributed by atoms with Gasteiger partial charge in [-0.15, -0.1) is 0 Å². The predicted molar refractivity (Wildman–Crippen MR) is 200 cm³/mol. The maximum atomic E-state index is 12.5. The van der Waals surface area contributed by atoms with E-state index in [-0.39, 0.29) is 23.1 Å². The van der Waals surface area contributed by atoms with E-state index >= 15 is 0 Å². The van der Waals surface area contributed by atoms with Crippen LogP contribution in [-0.4, -0.2) is 79.3 Å². The number of imidazole rings is 1. The summed E-state index contributed by atoms with van der Waals surface area (Å²) in [6.45, 7) is 9.58. The summed E-state index contributed by atoms with van der Waals surface area (Å²) < 4.78 is 4.38. The van der Waals surface area contributed by atoms with E-state index in [4.69, 9.17) is 11.6 Å². The Morgan fingerprint density at radius 1 is 0.902 bits per heavy atom. The number of para-hydroxylation sites is 1. The molecule has 51 heavy (non-hydrogen) atoms. The lowest BCUT2D eigenvalue weighted by atomic mass is 9.76. The number of carbonyl (C=O) groups excluding carboxylic acids is 1. The fourth-order valence-corrected chi connectivity index (χ4v) is 7.38. The van der Waals surface area contributed by atoms with Crippen molar-refractivity contribution in [3.05, 3.63) is 92.3 Å².